The lowest BCUT2D eigenvalue weighted by Gasteiger charge is -2.26. The van der Waals surface area contributed by atoms with Crippen LogP contribution >= 0.6 is 11.3 Å². The summed E-state index contributed by atoms with van der Waals surface area (Å²) in [4.78, 5) is 14.0. The van der Waals surface area contributed by atoms with Crippen LogP contribution < -0.4 is 5.32 Å². The normalized spacial score (nSPS) is 12.2. The van der Waals surface area contributed by atoms with Gasteiger partial charge in [-0.2, -0.15) is 0 Å². The lowest BCUT2D eigenvalue weighted by Crippen LogP contribution is -2.40. The fourth-order valence-corrected chi connectivity index (χ4v) is 2.50. The minimum atomic E-state index is -0.722. The maximum atomic E-state index is 12.4. The first kappa shape index (κ1) is 16.4. The lowest BCUT2D eigenvalue weighted by atomic mass is 10.1. The monoisotopic (exact) mass is 320 g/mol. The van der Waals surface area contributed by atoms with Crippen molar-refractivity contribution in [3.63, 3.8) is 0 Å². The van der Waals surface area contributed by atoms with Crippen LogP contribution in [0.5, 0.6) is 0 Å². The average Bonchev–Trinajstić information content (AvgIpc) is 2.99. The van der Waals surface area contributed by atoms with E-state index in [4.69, 9.17) is 0 Å². The quantitative estimate of drug-likeness (QED) is 0.858. The zero-order valence-corrected chi connectivity index (χ0v) is 13.5. The highest BCUT2D eigenvalue weighted by Crippen LogP contribution is 2.16. The average molecular weight is 320 g/mol. The summed E-state index contributed by atoms with van der Waals surface area (Å²) < 4.78 is 0. The molecule has 0 fully saturated rings. The van der Waals surface area contributed by atoms with Crippen molar-refractivity contribution in [3.05, 3.63) is 41.4 Å². The molecule has 0 radical (unpaired) electrons. The molecule has 0 saturated carbocycles. The maximum Gasteiger partial charge on any atom is 0.323 e. The number of carbonyl (C=O) groups is 1. The van der Waals surface area contributed by atoms with Crippen molar-refractivity contribution in [2.45, 2.75) is 20.0 Å². The smallest absolute Gasteiger partial charge is 0.323 e. The van der Waals surface area contributed by atoms with Crippen LogP contribution in [-0.2, 0) is 0 Å². The number of nitrogens with zero attached hydrogens (tertiary/aromatic N) is 3. The molecule has 1 aromatic carbocycles. The van der Waals surface area contributed by atoms with Crippen molar-refractivity contribution in [1.82, 2.24) is 15.1 Å². The Balaban J connectivity index is 2.03. The molecule has 118 valence electrons. The predicted octanol–water partition coefficient (Wildman–Crippen LogP) is 2.76. The van der Waals surface area contributed by atoms with Gasteiger partial charge in [0.2, 0.25) is 5.13 Å². The van der Waals surface area contributed by atoms with Crippen molar-refractivity contribution >= 4 is 22.5 Å². The minimum absolute atomic E-state index is 0.229. The number of aliphatic hydroxyl groups excluding tert-OH is 1. The molecule has 7 heteroatoms. The first-order chi connectivity index (χ1) is 10.6. The fourth-order valence-electron chi connectivity index (χ4n) is 2.07. The van der Waals surface area contributed by atoms with E-state index in [0.29, 0.717) is 17.6 Å². The molecule has 0 spiro atoms. The summed E-state index contributed by atoms with van der Waals surface area (Å²) in [6.45, 7) is 4.83. The highest BCUT2D eigenvalue weighted by atomic mass is 32.1. The van der Waals surface area contributed by atoms with E-state index >= 15 is 0 Å². The fraction of sp³-hybridized carbons (Fsp3) is 0.400. The van der Waals surface area contributed by atoms with Crippen LogP contribution in [0.3, 0.4) is 0 Å². The van der Waals surface area contributed by atoms with Crippen molar-refractivity contribution in [3.8, 4) is 0 Å². The molecular formula is C15H20N4O2S. The minimum Gasteiger partial charge on any atom is -0.387 e. The van der Waals surface area contributed by atoms with Gasteiger partial charge in [-0.1, -0.05) is 55.5 Å². The van der Waals surface area contributed by atoms with E-state index in [1.165, 1.54) is 11.3 Å². The van der Waals surface area contributed by atoms with Gasteiger partial charge in [-0.25, -0.2) is 4.79 Å². The Morgan fingerprint density at radius 3 is 2.64 bits per heavy atom. The first-order valence-corrected chi connectivity index (χ1v) is 7.99. The summed E-state index contributed by atoms with van der Waals surface area (Å²) in [5.74, 6) is 0.295. The first-order valence-electron chi connectivity index (χ1n) is 7.11. The van der Waals surface area contributed by atoms with E-state index in [-0.39, 0.29) is 12.6 Å². The van der Waals surface area contributed by atoms with Gasteiger partial charge in [-0.15, -0.1) is 10.2 Å². The van der Waals surface area contributed by atoms with Gasteiger partial charge in [0.15, 0.2) is 0 Å². The number of nitrogens with one attached hydrogen (secondary N) is 1. The number of aromatic nitrogens is 2. The predicted molar refractivity (Wildman–Crippen MR) is 86.7 cm³/mol. The number of carbonyl (C=O) groups excluding carboxylic acids is 1. The second kappa shape index (κ2) is 7.86. The molecule has 1 aromatic heterocycles. The molecule has 2 aromatic rings. The van der Waals surface area contributed by atoms with Crippen molar-refractivity contribution in [2.75, 3.05) is 18.4 Å². The summed E-state index contributed by atoms with van der Waals surface area (Å²) in [5.41, 5.74) is 2.35. The molecule has 22 heavy (non-hydrogen) atoms. The number of hydrogen-bond donors (Lipinski definition) is 2. The van der Waals surface area contributed by atoms with E-state index in [0.717, 1.165) is 5.56 Å². The van der Waals surface area contributed by atoms with Gasteiger partial charge in [-0.3, -0.25) is 5.32 Å². The largest absolute Gasteiger partial charge is 0.387 e. The lowest BCUT2D eigenvalue weighted by molar-refractivity contribution is 0.121. The summed E-state index contributed by atoms with van der Waals surface area (Å²) in [7, 11) is 0. The Bertz CT molecular complexity index is 574. The molecule has 1 heterocycles. The number of amides is 2. The second-order valence-corrected chi connectivity index (χ2v) is 6.23. The third-order valence-electron chi connectivity index (χ3n) is 3.02. The van der Waals surface area contributed by atoms with Gasteiger partial charge in [0.1, 0.15) is 5.51 Å². The van der Waals surface area contributed by atoms with Gasteiger partial charge in [0.05, 0.1) is 12.6 Å². The number of benzene rings is 1. The Morgan fingerprint density at radius 1 is 1.32 bits per heavy atom. The Morgan fingerprint density at radius 2 is 2.05 bits per heavy atom. The molecule has 0 aliphatic heterocycles. The van der Waals surface area contributed by atoms with Gasteiger partial charge < -0.3 is 10.0 Å². The van der Waals surface area contributed by atoms with Crippen LogP contribution in [-0.4, -0.2) is 39.3 Å². The Kier molecular flexibility index (Phi) is 5.85. The van der Waals surface area contributed by atoms with E-state index < -0.39 is 6.10 Å². The molecule has 0 bridgehead atoms. The molecular weight excluding hydrogens is 300 g/mol. The Hall–Kier alpha value is -1.99. The number of anilines is 1. The molecule has 0 unspecified atom stereocenters. The van der Waals surface area contributed by atoms with Crippen molar-refractivity contribution in [1.29, 1.82) is 0 Å². The highest BCUT2D eigenvalue weighted by molar-refractivity contribution is 7.13. The number of hydrogen-bond acceptors (Lipinski definition) is 5. The van der Waals surface area contributed by atoms with Gasteiger partial charge in [-0.05, 0) is 11.5 Å². The third kappa shape index (κ3) is 4.78. The van der Waals surface area contributed by atoms with Gasteiger partial charge >= 0.3 is 6.03 Å². The topological polar surface area (TPSA) is 78.4 Å². The van der Waals surface area contributed by atoms with E-state index in [1.54, 1.807) is 10.4 Å². The molecule has 0 aliphatic carbocycles. The van der Waals surface area contributed by atoms with Crippen LogP contribution in [0.4, 0.5) is 9.93 Å². The molecule has 2 rings (SSSR count). The van der Waals surface area contributed by atoms with Crippen LogP contribution in [0.2, 0.25) is 0 Å². The zero-order chi connectivity index (χ0) is 15.9. The van der Waals surface area contributed by atoms with Crippen molar-refractivity contribution < 1.29 is 9.90 Å². The molecule has 1 atom stereocenters. The summed E-state index contributed by atoms with van der Waals surface area (Å²) in [6.07, 6.45) is -0.722. The summed E-state index contributed by atoms with van der Waals surface area (Å²) >= 11 is 1.26. The van der Waals surface area contributed by atoms with E-state index in [2.05, 4.69) is 15.5 Å². The SMILES string of the molecule is CC(C)CN(C[C@@H](O)c1ccccc1)C(=O)Nc1nncs1. The maximum absolute atomic E-state index is 12.4. The van der Waals surface area contributed by atoms with Crippen LogP contribution in [0.15, 0.2) is 35.8 Å². The molecule has 2 amide bonds. The number of aliphatic hydroxyl groups is 1. The Labute approximate surface area is 133 Å². The van der Waals surface area contributed by atoms with Gasteiger partial charge in [0.25, 0.3) is 0 Å². The standard InChI is InChI=1S/C15H20N4O2S/c1-11(2)8-19(15(21)17-14-18-16-10-22-14)9-13(20)12-6-4-3-5-7-12/h3-7,10-11,13,20H,8-9H2,1-2H3,(H,17,18,21)/t13-/m1/s1. The summed E-state index contributed by atoms with van der Waals surface area (Å²) in [6, 6.07) is 9.05. The summed E-state index contributed by atoms with van der Waals surface area (Å²) in [5, 5.41) is 21.0. The highest BCUT2D eigenvalue weighted by Gasteiger charge is 2.20. The number of rotatable bonds is 6. The third-order valence-corrected chi connectivity index (χ3v) is 3.63. The molecule has 2 N–H and O–H groups in total. The van der Waals surface area contributed by atoms with E-state index in [9.17, 15) is 9.90 Å². The van der Waals surface area contributed by atoms with Crippen LogP contribution in [0.1, 0.15) is 25.5 Å². The zero-order valence-electron chi connectivity index (χ0n) is 12.6. The van der Waals surface area contributed by atoms with Crippen LogP contribution in [0.25, 0.3) is 0 Å². The number of urea groups is 1. The molecule has 0 aliphatic rings. The molecule has 6 nitrogen and oxygen atoms in total. The molecule has 0 saturated heterocycles. The van der Waals surface area contributed by atoms with E-state index in [1.807, 2.05) is 44.2 Å². The van der Waals surface area contributed by atoms with Crippen molar-refractivity contribution in [2.24, 2.45) is 5.92 Å². The van der Waals surface area contributed by atoms with Gasteiger partial charge in [0, 0.05) is 6.54 Å². The van der Waals surface area contributed by atoms with Crippen LogP contribution in [0, 0.1) is 5.92 Å². The second-order valence-electron chi connectivity index (χ2n) is 5.40.